The monoisotopic (exact) mass is 762 g/mol. The minimum atomic E-state index is -0.162. The first-order valence-corrected chi connectivity index (χ1v) is 22.7. The van der Waals surface area contributed by atoms with E-state index in [1.807, 2.05) is 40.1 Å². The average molecular weight is 762 g/mol. The lowest BCUT2D eigenvalue weighted by Crippen LogP contribution is -2.20. The number of ether oxygens (including phenoxy) is 3. The number of rotatable bonds is 39. The quantitative estimate of drug-likeness (QED) is 0.0267. The third-order valence-corrected chi connectivity index (χ3v) is 10.00. The van der Waals surface area contributed by atoms with E-state index in [4.69, 9.17) is 14.2 Å². The van der Waals surface area contributed by atoms with Crippen LogP contribution in [0.25, 0.3) is 0 Å². The van der Waals surface area contributed by atoms with Crippen LogP contribution >= 0.6 is 0 Å². The molecule has 0 aliphatic rings. The van der Waals surface area contributed by atoms with Gasteiger partial charge in [0, 0.05) is 19.3 Å². The van der Waals surface area contributed by atoms with E-state index < -0.39 is 0 Å². The predicted molar refractivity (Wildman–Crippen MR) is 228 cm³/mol. The molecule has 0 N–H and O–H groups in total. The van der Waals surface area contributed by atoms with Crippen LogP contribution in [0.1, 0.15) is 220 Å². The van der Waals surface area contributed by atoms with E-state index >= 15 is 0 Å². The van der Waals surface area contributed by atoms with Crippen molar-refractivity contribution in [1.82, 2.24) is 4.90 Å². The number of nitrogens with zero attached hydrogens (tertiary/aromatic N) is 1. The number of carbonyl (C=O) groups excluding carboxylic acids is 3. The topological polar surface area (TPSA) is 82.1 Å². The molecule has 0 aromatic carbocycles. The van der Waals surface area contributed by atoms with Gasteiger partial charge in [-0.15, -0.1) is 0 Å². The van der Waals surface area contributed by atoms with Gasteiger partial charge in [-0.25, -0.2) is 0 Å². The first kappa shape index (κ1) is 51.9. The summed E-state index contributed by atoms with van der Waals surface area (Å²) in [7, 11) is 4.04. The van der Waals surface area contributed by atoms with Gasteiger partial charge in [0.05, 0.1) is 0 Å². The number of hydrogen-bond donors (Lipinski definition) is 0. The summed E-state index contributed by atoms with van der Waals surface area (Å²) < 4.78 is 17.1. The van der Waals surface area contributed by atoms with Gasteiger partial charge in [-0.2, -0.15) is 0 Å². The predicted octanol–water partition coefficient (Wildman–Crippen LogP) is 13.2. The number of allylic oxidation sites excluding steroid dienone is 2. The van der Waals surface area contributed by atoms with Crippen LogP contribution < -0.4 is 0 Å². The van der Waals surface area contributed by atoms with Crippen molar-refractivity contribution in [3.63, 3.8) is 0 Å². The highest BCUT2D eigenvalue weighted by atomic mass is 16.5. The Labute approximate surface area is 334 Å². The van der Waals surface area contributed by atoms with Crippen molar-refractivity contribution >= 4 is 17.9 Å². The van der Waals surface area contributed by atoms with E-state index in [1.165, 1.54) is 77.0 Å². The molecule has 7 nitrogen and oxygen atoms in total. The second-order valence-corrected chi connectivity index (χ2v) is 16.0. The number of esters is 3. The van der Waals surface area contributed by atoms with Crippen molar-refractivity contribution in [3.05, 3.63) is 24.3 Å². The second-order valence-electron chi connectivity index (χ2n) is 16.0. The Kier molecular flexibility index (Phi) is 37.5. The van der Waals surface area contributed by atoms with Gasteiger partial charge in [0.1, 0.15) is 18.3 Å². The SMILES string of the molecule is CCCCCCCC/C=C\C(C)OC(=O)CCCCCCCC(CCCCCCCC(=O)OC(C)/C=C\CCCCCCCC)OC(=O)CCCN(C)C. The van der Waals surface area contributed by atoms with Crippen LogP contribution in [-0.2, 0) is 28.6 Å². The molecule has 2 atom stereocenters. The maximum absolute atomic E-state index is 12.6. The highest BCUT2D eigenvalue weighted by Crippen LogP contribution is 2.18. The van der Waals surface area contributed by atoms with Crippen molar-refractivity contribution in [2.24, 2.45) is 0 Å². The molecular formula is C47H87NO6. The molecule has 7 heteroatoms. The van der Waals surface area contributed by atoms with E-state index in [9.17, 15) is 14.4 Å². The van der Waals surface area contributed by atoms with Crippen molar-refractivity contribution in [2.45, 2.75) is 239 Å². The summed E-state index contributed by atoms with van der Waals surface area (Å²) in [6.45, 7) is 9.25. The zero-order chi connectivity index (χ0) is 39.9. The molecule has 0 fully saturated rings. The van der Waals surface area contributed by atoms with Crippen molar-refractivity contribution in [2.75, 3.05) is 20.6 Å². The van der Waals surface area contributed by atoms with Gasteiger partial charge in [0.25, 0.3) is 0 Å². The first-order chi connectivity index (χ1) is 26.2. The third kappa shape index (κ3) is 38.1. The Balaban J connectivity index is 4.22. The Morgan fingerprint density at radius 2 is 0.815 bits per heavy atom. The van der Waals surface area contributed by atoms with Gasteiger partial charge in [0.15, 0.2) is 0 Å². The van der Waals surface area contributed by atoms with E-state index in [1.54, 1.807) is 0 Å². The number of carbonyl (C=O) groups is 3. The molecule has 0 bridgehead atoms. The van der Waals surface area contributed by atoms with Crippen LogP contribution in [-0.4, -0.2) is 61.8 Å². The molecule has 0 rings (SSSR count). The van der Waals surface area contributed by atoms with Crippen LogP contribution in [0.5, 0.6) is 0 Å². The molecule has 54 heavy (non-hydrogen) atoms. The van der Waals surface area contributed by atoms with Crippen LogP contribution in [0.15, 0.2) is 24.3 Å². The van der Waals surface area contributed by atoms with Gasteiger partial charge in [-0.05, 0) is 117 Å². The fraction of sp³-hybridized carbons (Fsp3) is 0.851. The molecule has 0 aliphatic carbocycles. The van der Waals surface area contributed by atoms with Gasteiger partial charge < -0.3 is 19.1 Å². The van der Waals surface area contributed by atoms with Gasteiger partial charge in [-0.3, -0.25) is 14.4 Å². The molecule has 316 valence electrons. The average Bonchev–Trinajstić information content (AvgIpc) is 3.12. The number of hydrogen-bond acceptors (Lipinski definition) is 7. The van der Waals surface area contributed by atoms with Gasteiger partial charge in [-0.1, -0.05) is 129 Å². The Hall–Kier alpha value is -2.15. The highest BCUT2D eigenvalue weighted by Gasteiger charge is 2.15. The van der Waals surface area contributed by atoms with E-state index in [0.29, 0.717) is 19.3 Å². The van der Waals surface area contributed by atoms with E-state index in [-0.39, 0.29) is 36.2 Å². The molecule has 0 aromatic rings. The summed E-state index contributed by atoms with van der Waals surface area (Å²) in [5.41, 5.74) is 0. The summed E-state index contributed by atoms with van der Waals surface area (Å²) >= 11 is 0. The molecule has 0 aromatic heterocycles. The van der Waals surface area contributed by atoms with Crippen molar-refractivity contribution in [3.8, 4) is 0 Å². The van der Waals surface area contributed by atoms with E-state index in [2.05, 4.69) is 30.9 Å². The van der Waals surface area contributed by atoms with Crippen molar-refractivity contribution in [1.29, 1.82) is 0 Å². The fourth-order valence-corrected chi connectivity index (χ4v) is 6.66. The Morgan fingerprint density at radius 3 is 1.24 bits per heavy atom. The normalized spacial score (nSPS) is 13.5. The van der Waals surface area contributed by atoms with Crippen LogP contribution in [0, 0.1) is 0 Å². The molecule has 0 saturated heterocycles. The molecule has 0 aliphatic heterocycles. The summed E-state index contributed by atoms with van der Waals surface area (Å²) in [4.78, 5) is 39.2. The summed E-state index contributed by atoms with van der Waals surface area (Å²) in [6, 6.07) is 0. The molecule has 0 amide bonds. The van der Waals surface area contributed by atoms with Gasteiger partial charge in [0.2, 0.25) is 0 Å². The zero-order valence-corrected chi connectivity index (χ0v) is 36.4. The lowest BCUT2D eigenvalue weighted by atomic mass is 10.0. The van der Waals surface area contributed by atoms with E-state index in [0.717, 1.165) is 103 Å². The standard InChI is InChI=1S/C47H87NO6/c1-7-9-11-13-15-17-21-27-34-42(3)52-45(49)38-31-25-19-23-29-36-44(54-47(51)40-33-41-48(5)6)37-30-24-20-26-32-39-46(50)53-43(4)35-28-22-18-16-14-12-10-8-2/h27-28,34-35,42-44H,7-26,29-33,36-41H2,1-6H3/b34-27-,35-28-. The number of unbranched alkanes of at least 4 members (excludes halogenated alkanes) is 20. The maximum atomic E-state index is 12.6. The van der Waals surface area contributed by atoms with Crippen LogP contribution in [0.2, 0.25) is 0 Å². The summed E-state index contributed by atoms with van der Waals surface area (Å²) in [5, 5.41) is 0. The zero-order valence-electron chi connectivity index (χ0n) is 36.4. The van der Waals surface area contributed by atoms with Gasteiger partial charge >= 0.3 is 17.9 Å². The summed E-state index contributed by atoms with van der Waals surface area (Å²) in [5.74, 6) is -0.301. The minimum absolute atomic E-state index is 0.0342. The molecule has 0 radical (unpaired) electrons. The molecule has 2 unspecified atom stereocenters. The smallest absolute Gasteiger partial charge is 0.306 e. The Morgan fingerprint density at radius 1 is 0.463 bits per heavy atom. The second kappa shape index (κ2) is 39.1. The lowest BCUT2D eigenvalue weighted by molar-refractivity contribution is -0.150. The summed E-state index contributed by atoms with van der Waals surface area (Å²) in [6.07, 6.45) is 39.7. The fourth-order valence-electron chi connectivity index (χ4n) is 6.66. The minimum Gasteiger partial charge on any atom is -0.462 e. The molecule has 0 spiro atoms. The molecule has 0 saturated carbocycles. The largest absolute Gasteiger partial charge is 0.462 e. The molecule has 0 heterocycles. The van der Waals surface area contributed by atoms with Crippen LogP contribution in [0.4, 0.5) is 0 Å². The molecular weight excluding hydrogens is 675 g/mol. The maximum Gasteiger partial charge on any atom is 0.306 e. The van der Waals surface area contributed by atoms with Crippen LogP contribution in [0.3, 0.4) is 0 Å². The van der Waals surface area contributed by atoms with Crippen molar-refractivity contribution < 1.29 is 28.6 Å². The highest BCUT2D eigenvalue weighted by molar-refractivity contribution is 5.70. The third-order valence-electron chi connectivity index (χ3n) is 10.00. The lowest BCUT2D eigenvalue weighted by Gasteiger charge is -2.18. The first-order valence-electron chi connectivity index (χ1n) is 22.7. The Bertz CT molecular complexity index is 871.